The Kier molecular flexibility index (Phi) is 5.82. The zero-order valence-electron chi connectivity index (χ0n) is 16.9. The zero-order valence-corrected chi connectivity index (χ0v) is 16.9. The maximum absolute atomic E-state index is 15.3. The SMILES string of the molecule is Cc1ccc(Cc2c(C(=O)COC(C)(C)CO)cc3c(ncn3C)c2F)c(F)c1. The molecule has 0 unspecified atom stereocenters. The fraction of sp³-hybridized carbons (Fsp3) is 0.364. The number of aliphatic hydroxyl groups is 1. The van der Waals surface area contributed by atoms with Crippen LogP contribution in [0, 0.1) is 18.6 Å². The van der Waals surface area contributed by atoms with E-state index in [2.05, 4.69) is 4.98 Å². The molecule has 1 heterocycles. The summed E-state index contributed by atoms with van der Waals surface area (Å²) in [6.45, 7) is 4.46. The van der Waals surface area contributed by atoms with Gasteiger partial charge in [0.05, 0.1) is 24.1 Å². The molecular formula is C22H24F2N2O3. The summed E-state index contributed by atoms with van der Waals surface area (Å²) in [5.41, 5.74) is 0.914. The lowest BCUT2D eigenvalue weighted by Crippen LogP contribution is -2.31. The monoisotopic (exact) mass is 402 g/mol. The molecule has 0 spiro atoms. The number of aliphatic hydroxyl groups excluding tert-OH is 1. The molecule has 154 valence electrons. The lowest BCUT2D eigenvalue weighted by Gasteiger charge is -2.22. The number of aryl methyl sites for hydroxylation is 2. The Hall–Kier alpha value is -2.64. The van der Waals surface area contributed by atoms with Gasteiger partial charge < -0.3 is 14.4 Å². The van der Waals surface area contributed by atoms with E-state index in [0.29, 0.717) is 5.52 Å². The number of benzene rings is 2. The van der Waals surface area contributed by atoms with E-state index in [9.17, 15) is 14.3 Å². The lowest BCUT2D eigenvalue weighted by atomic mass is 9.95. The minimum Gasteiger partial charge on any atom is -0.393 e. The third kappa shape index (κ3) is 4.36. The molecule has 5 nitrogen and oxygen atoms in total. The molecule has 3 rings (SSSR count). The summed E-state index contributed by atoms with van der Waals surface area (Å²) in [5.74, 6) is -1.55. The third-order valence-electron chi connectivity index (χ3n) is 4.91. The summed E-state index contributed by atoms with van der Waals surface area (Å²) in [6, 6.07) is 6.27. The molecule has 0 aliphatic carbocycles. The van der Waals surface area contributed by atoms with Gasteiger partial charge in [-0.05, 0) is 44.0 Å². The number of rotatable bonds is 7. The Morgan fingerprint density at radius 1 is 1.28 bits per heavy atom. The number of Topliss-reactive ketones (excluding diaryl/α,β-unsaturated/α-hetero) is 1. The van der Waals surface area contributed by atoms with Crippen molar-refractivity contribution in [3.63, 3.8) is 0 Å². The number of halogens is 2. The van der Waals surface area contributed by atoms with Crippen molar-refractivity contribution in [2.75, 3.05) is 13.2 Å². The molecule has 0 radical (unpaired) electrons. The van der Waals surface area contributed by atoms with E-state index in [-0.39, 0.29) is 41.8 Å². The molecule has 0 atom stereocenters. The molecule has 0 saturated heterocycles. The van der Waals surface area contributed by atoms with Crippen molar-refractivity contribution in [1.82, 2.24) is 9.55 Å². The van der Waals surface area contributed by atoms with Crippen LogP contribution in [-0.4, -0.2) is 39.3 Å². The van der Waals surface area contributed by atoms with Crippen molar-refractivity contribution in [1.29, 1.82) is 0 Å². The summed E-state index contributed by atoms with van der Waals surface area (Å²) in [5, 5.41) is 9.32. The van der Waals surface area contributed by atoms with Crippen molar-refractivity contribution < 1.29 is 23.4 Å². The average Bonchev–Trinajstić information content (AvgIpc) is 3.05. The average molecular weight is 402 g/mol. The van der Waals surface area contributed by atoms with E-state index < -0.39 is 23.0 Å². The van der Waals surface area contributed by atoms with Gasteiger partial charge in [-0.3, -0.25) is 4.79 Å². The molecule has 0 saturated carbocycles. The van der Waals surface area contributed by atoms with Crippen LogP contribution in [0.3, 0.4) is 0 Å². The van der Waals surface area contributed by atoms with Gasteiger partial charge in [0.15, 0.2) is 11.6 Å². The molecule has 29 heavy (non-hydrogen) atoms. The van der Waals surface area contributed by atoms with Crippen LogP contribution in [0.15, 0.2) is 30.6 Å². The van der Waals surface area contributed by atoms with Gasteiger partial charge >= 0.3 is 0 Å². The topological polar surface area (TPSA) is 64.3 Å². The molecule has 7 heteroatoms. The molecule has 1 N–H and O–H groups in total. The molecule has 0 bridgehead atoms. The number of carbonyl (C=O) groups is 1. The number of hydrogen-bond acceptors (Lipinski definition) is 4. The molecule has 0 fully saturated rings. The van der Waals surface area contributed by atoms with Gasteiger partial charge in [0.25, 0.3) is 0 Å². The van der Waals surface area contributed by atoms with Crippen LogP contribution < -0.4 is 0 Å². The van der Waals surface area contributed by atoms with Crippen molar-refractivity contribution in [3.05, 3.63) is 64.5 Å². The van der Waals surface area contributed by atoms with Gasteiger partial charge in [-0.25, -0.2) is 13.8 Å². The number of hydrogen-bond donors (Lipinski definition) is 1. The van der Waals surface area contributed by atoms with Gasteiger partial charge in [0.1, 0.15) is 17.9 Å². The first-order valence-corrected chi connectivity index (χ1v) is 9.28. The number of aromatic nitrogens is 2. The highest BCUT2D eigenvalue weighted by Crippen LogP contribution is 2.28. The number of imidazole rings is 1. The van der Waals surface area contributed by atoms with Crippen LogP contribution in [0.5, 0.6) is 0 Å². The van der Waals surface area contributed by atoms with E-state index in [1.807, 2.05) is 0 Å². The van der Waals surface area contributed by atoms with Crippen molar-refractivity contribution in [3.8, 4) is 0 Å². The summed E-state index contributed by atoms with van der Waals surface area (Å²) in [7, 11) is 1.70. The first kappa shape index (κ1) is 21.1. The van der Waals surface area contributed by atoms with Gasteiger partial charge in [0, 0.05) is 24.6 Å². The molecule has 2 aromatic carbocycles. The molecule has 0 amide bonds. The minimum atomic E-state index is -0.909. The van der Waals surface area contributed by atoms with E-state index in [1.54, 1.807) is 50.6 Å². The zero-order chi connectivity index (χ0) is 21.3. The first-order chi connectivity index (χ1) is 13.6. The number of ether oxygens (including phenoxy) is 1. The fourth-order valence-corrected chi connectivity index (χ4v) is 3.06. The van der Waals surface area contributed by atoms with Crippen LogP contribution in [0.1, 0.15) is 40.9 Å². The summed E-state index contributed by atoms with van der Waals surface area (Å²) >= 11 is 0. The van der Waals surface area contributed by atoms with Crippen molar-refractivity contribution in [2.24, 2.45) is 7.05 Å². The maximum atomic E-state index is 15.3. The number of fused-ring (bicyclic) bond motifs is 1. The number of nitrogens with zero attached hydrogens (tertiary/aromatic N) is 2. The maximum Gasteiger partial charge on any atom is 0.188 e. The third-order valence-corrected chi connectivity index (χ3v) is 4.91. The quantitative estimate of drug-likeness (QED) is 0.612. The van der Waals surface area contributed by atoms with Gasteiger partial charge in [-0.2, -0.15) is 0 Å². The Morgan fingerprint density at radius 3 is 2.66 bits per heavy atom. The van der Waals surface area contributed by atoms with Gasteiger partial charge in [0.2, 0.25) is 0 Å². The number of ketones is 1. The standard InChI is InChI=1S/C22H24F2N2O3/c1-13-5-6-14(17(23)7-13)8-16-15(19(28)10-29-22(2,3)11-27)9-18-21(20(16)24)25-12-26(18)4/h5-7,9,12,27H,8,10-11H2,1-4H3. The lowest BCUT2D eigenvalue weighted by molar-refractivity contribution is -0.0447. The largest absolute Gasteiger partial charge is 0.393 e. The van der Waals surface area contributed by atoms with E-state index in [4.69, 9.17) is 4.74 Å². The van der Waals surface area contributed by atoms with Crippen LogP contribution in [0.2, 0.25) is 0 Å². The first-order valence-electron chi connectivity index (χ1n) is 9.28. The minimum absolute atomic E-state index is 0.0781. The van der Waals surface area contributed by atoms with Gasteiger partial charge in [-0.1, -0.05) is 12.1 Å². The second-order valence-corrected chi connectivity index (χ2v) is 7.84. The van der Waals surface area contributed by atoms with Crippen LogP contribution in [0.25, 0.3) is 11.0 Å². The second kappa shape index (κ2) is 8.00. The van der Waals surface area contributed by atoms with Gasteiger partial charge in [-0.15, -0.1) is 0 Å². The Morgan fingerprint density at radius 2 is 2.00 bits per heavy atom. The van der Waals surface area contributed by atoms with E-state index in [1.165, 1.54) is 12.4 Å². The Balaban J connectivity index is 2.07. The molecule has 3 aromatic rings. The van der Waals surface area contributed by atoms with E-state index >= 15 is 4.39 Å². The van der Waals surface area contributed by atoms with E-state index in [0.717, 1.165) is 5.56 Å². The number of carbonyl (C=O) groups excluding carboxylic acids is 1. The summed E-state index contributed by atoms with van der Waals surface area (Å²) in [6.07, 6.45) is 1.37. The molecule has 1 aromatic heterocycles. The van der Waals surface area contributed by atoms with Crippen LogP contribution >= 0.6 is 0 Å². The van der Waals surface area contributed by atoms with Crippen molar-refractivity contribution >= 4 is 16.8 Å². The predicted octanol–water partition coefficient (Wildman–Crippen LogP) is 3.72. The van der Waals surface area contributed by atoms with Crippen LogP contribution in [0.4, 0.5) is 8.78 Å². The predicted molar refractivity (Wildman–Crippen MR) is 106 cm³/mol. The Labute approximate surface area is 167 Å². The van der Waals surface area contributed by atoms with Crippen molar-refractivity contribution in [2.45, 2.75) is 32.8 Å². The fourth-order valence-electron chi connectivity index (χ4n) is 3.06. The highest BCUT2D eigenvalue weighted by molar-refractivity contribution is 6.01. The highest BCUT2D eigenvalue weighted by atomic mass is 19.1. The second-order valence-electron chi connectivity index (χ2n) is 7.84. The molecule has 0 aliphatic rings. The summed E-state index contributed by atoms with van der Waals surface area (Å²) in [4.78, 5) is 17.0. The normalized spacial score (nSPS) is 12.0. The Bertz CT molecular complexity index is 1070. The summed E-state index contributed by atoms with van der Waals surface area (Å²) < 4.78 is 36.8. The molecule has 0 aliphatic heterocycles. The molecular weight excluding hydrogens is 378 g/mol. The highest BCUT2D eigenvalue weighted by Gasteiger charge is 2.24. The smallest absolute Gasteiger partial charge is 0.188 e. The van der Waals surface area contributed by atoms with Crippen LogP contribution in [-0.2, 0) is 18.2 Å².